The third-order valence-corrected chi connectivity index (χ3v) is 7.28. The largest absolute Gasteiger partial charge is 0.508 e. The van der Waals surface area contributed by atoms with E-state index in [1.807, 2.05) is 19.9 Å². The van der Waals surface area contributed by atoms with Crippen molar-refractivity contribution in [2.75, 3.05) is 6.61 Å². The van der Waals surface area contributed by atoms with Crippen molar-refractivity contribution in [1.82, 2.24) is 0 Å². The SMILES string of the molecule is CC(C)(CO)CCC=Cc1cc(O)cc(-c2ccccc2-c2cc(O)cc(C=CCCC(C)(C)C(=O)O)c2O)c1O. The number of aromatic hydroxyl groups is 4. The molecule has 0 bridgehead atoms. The number of aliphatic hydroxyl groups is 1. The van der Waals surface area contributed by atoms with Crippen LogP contribution in [0.3, 0.4) is 0 Å². The molecule has 6 N–H and O–H groups in total. The van der Waals surface area contributed by atoms with Crippen molar-refractivity contribution in [3.05, 3.63) is 71.8 Å². The molecule has 3 rings (SSSR count). The molecule has 0 fully saturated rings. The molecular weight excluding hydrogens is 520 g/mol. The van der Waals surface area contributed by atoms with Crippen LogP contribution in [0, 0.1) is 10.8 Å². The Labute approximate surface area is 241 Å². The summed E-state index contributed by atoms with van der Waals surface area (Å²) in [7, 11) is 0. The van der Waals surface area contributed by atoms with Gasteiger partial charge in [-0.15, -0.1) is 0 Å². The van der Waals surface area contributed by atoms with E-state index in [0.717, 1.165) is 6.42 Å². The van der Waals surface area contributed by atoms with Gasteiger partial charge in [0.1, 0.15) is 23.0 Å². The highest BCUT2D eigenvalue weighted by Gasteiger charge is 2.25. The molecule has 3 aromatic rings. The molecule has 7 heteroatoms. The highest BCUT2D eigenvalue weighted by atomic mass is 16.4. The number of allylic oxidation sites excluding steroid dienone is 2. The van der Waals surface area contributed by atoms with E-state index in [2.05, 4.69) is 0 Å². The van der Waals surface area contributed by atoms with E-state index in [-0.39, 0.29) is 35.0 Å². The molecule has 0 aromatic heterocycles. The topological polar surface area (TPSA) is 138 Å². The normalized spacial score (nSPS) is 12.4. The number of aliphatic carboxylic acids is 1. The summed E-state index contributed by atoms with van der Waals surface area (Å²) in [5.74, 6) is -1.14. The number of carboxylic acids is 1. The molecule has 0 saturated heterocycles. The van der Waals surface area contributed by atoms with Gasteiger partial charge < -0.3 is 30.6 Å². The van der Waals surface area contributed by atoms with Gasteiger partial charge in [-0.05, 0) is 80.3 Å². The van der Waals surface area contributed by atoms with Crippen LogP contribution in [0.25, 0.3) is 34.4 Å². The van der Waals surface area contributed by atoms with Crippen molar-refractivity contribution >= 4 is 18.1 Å². The quantitative estimate of drug-likeness (QED) is 0.126. The lowest BCUT2D eigenvalue weighted by atomic mass is 9.88. The first kappa shape index (κ1) is 31.3. The zero-order valence-electron chi connectivity index (χ0n) is 24.1. The summed E-state index contributed by atoms with van der Waals surface area (Å²) in [5, 5.41) is 62.2. The van der Waals surface area contributed by atoms with Crippen molar-refractivity contribution < 1.29 is 35.4 Å². The Bertz CT molecular complexity index is 1450. The molecule has 0 saturated carbocycles. The van der Waals surface area contributed by atoms with Crippen molar-refractivity contribution in [2.45, 2.75) is 53.4 Å². The lowest BCUT2D eigenvalue weighted by molar-refractivity contribution is -0.147. The van der Waals surface area contributed by atoms with Crippen molar-refractivity contribution in [2.24, 2.45) is 10.8 Å². The first-order valence-corrected chi connectivity index (χ1v) is 13.6. The number of aliphatic hydroxyl groups excluding tert-OH is 1. The van der Waals surface area contributed by atoms with Gasteiger partial charge in [0.2, 0.25) is 0 Å². The third kappa shape index (κ3) is 7.92. The molecule has 0 atom stereocenters. The zero-order valence-corrected chi connectivity index (χ0v) is 24.1. The number of phenolic OH excluding ortho intramolecular Hbond substituents is 4. The fraction of sp³-hybridized carbons (Fsp3) is 0.324. The monoisotopic (exact) mass is 560 g/mol. The van der Waals surface area contributed by atoms with E-state index in [9.17, 15) is 35.4 Å². The Morgan fingerprint density at radius 2 is 1.15 bits per heavy atom. The van der Waals surface area contributed by atoms with Crippen molar-refractivity contribution in [3.8, 4) is 45.3 Å². The minimum Gasteiger partial charge on any atom is -0.508 e. The van der Waals surface area contributed by atoms with Crippen LogP contribution < -0.4 is 0 Å². The van der Waals surface area contributed by atoms with Crippen LogP contribution in [0.1, 0.15) is 64.5 Å². The van der Waals surface area contributed by atoms with Gasteiger partial charge in [0, 0.05) is 28.9 Å². The maximum absolute atomic E-state index is 11.4. The van der Waals surface area contributed by atoms with Gasteiger partial charge in [-0.3, -0.25) is 4.79 Å². The fourth-order valence-corrected chi connectivity index (χ4v) is 4.42. The molecule has 41 heavy (non-hydrogen) atoms. The first-order chi connectivity index (χ1) is 19.3. The number of benzene rings is 3. The maximum Gasteiger partial charge on any atom is 0.309 e. The van der Waals surface area contributed by atoms with Crippen LogP contribution in [-0.4, -0.2) is 43.2 Å². The molecule has 0 radical (unpaired) electrons. The van der Waals surface area contributed by atoms with Gasteiger partial charge in [-0.1, -0.05) is 62.4 Å². The smallest absolute Gasteiger partial charge is 0.309 e. The highest BCUT2D eigenvalue weighted by Crippen LogP contribution is 2.45. The van der Waals surface area contributed by atoms with Gasteiger partial charge in [-0.25, -0.2) is 0 Å². The molecule has 7 nitrogen and oxygen atoms in total. The zero-order chi connectivity index (χ0) is 30.4. The number of rotatable bonds is 12. The molecule has 0 amide bonds. The molecular formula is C34H40O7. The molecule has 0 aliphatic rings. The standard InChI is InChI=1S/C34H40O7/c1-33(2,21-35)15-9-7-11-22-17-24(36)19-28(30(22)38)26-13-5-6-14-27(26)29-20-25(37)18-23(31(29)39)12-8-10-16-34(3,4)32(40)41/h5-8,11-14,17-20,35-39H,9-10,15-16,21H2,1-4H3,(H,40,41). The molecule has 0 aliphatic carbocycles. The minimum atomic E-state index is -0.886. The number of carbonyl (C=O) groups is 1. The van der Waals surface area contributed by atoms with Crippen LogP contribution in [0.4, 0.5) is 0 Å². The molecule has 0 aliphatic heterocycles. The summed E-state index contributed by atoms with van der Waals surface area (Å²) in [6.45, 7) is 7.32. The first-order valence-electron chi connectivity index (χ1n) is 13.6. The number of hydrogen-bond donors (Lipinski definition) is 6. The van der Waals surface area contributed by atoms with Crippen molar-refractivity contribution in [3.63, 3.8) is 0 Å². The van der Waals surface area contributed by atoms with E-state index in [0.29, 0.717) is 52.6 Å². The summed E-state index contributed by atoms with van der Waals surface area (Å²) in [5.41, 5.74) is 1.43. The number of phenols is 4. The third-order valence-electron chi connectivity index (χ3n) is 7.28. The van der Waals surface area contributed by atoms with E-state index >= 15 is 0 Å². The molecule has 3 aromatic carbocycles. The van der Waals surface area contributed by atoms with Gasteiger partial charge in [0.25, 0.3) is 0 Å². The number of hydrogen-bond acceptors (Lipinski definition) is 6. The lowest BCUT2D eigenvalue weighted by Crippen LogP contribution is -2.22. The van der Waals surface area contributed by atoms with Crippen LogP contribution in [0.5, 0.6) is 23.0 Å². The Morgan fingerprint density at radius 3 is 1.56 bits per heavy atom. The summed E-state index contributed by atoms with van der Waals surface area (Å²) in [6, 6.07) is 12.8. The predicted octanol–water partition coefficient (Wildman–Crippen LogP) is 7.56. The predicted molar refractivity (Wildman–Crippen MR) is 163 cm³/mol. The number of carboxylic acid groups (broad SMARTS) is 1. The van der Waals surface area contributed by atoms with Crippen LogP contribution in [0.15, 0.2) is 60.7 Å². The van der Waals surface area contributed by atoms with Crippen LogP contribution in [-0.2, 0) is 4.79 Å². The van der Waals surface area contributed by atoms with E-state index in [4.69, 9.17) is 0 Å². The minimum absolute atomic E-state index is 0.0454. The summed E-state index contributed by atoms with van der Waals surface area (Å²) >= 11 is 0. The molecule has 0 spiro atoms. The molecule has 218 valence electrons. The van der Waals surface area contributed by atoms with Gasteiger partial charge >= 0.3 is 5.97 Å². The molecule has 0 unspecified atom stereocenters. The van der Waals surface area contributed by atoms with Crippen LogP contribution >= 0.6 is 0 Å². The lowest BCUT2D eigenvalue weighted by Gasteiger charge is -2.20. The highest BCUT2D eigenvalue weighted by molar-refractivity contribution is 5.91. The summed E-state index contributed by atoms with van der Waals surface area (Å²) < 4.78 is 0. The van der Waals surface area contributed by atoms with E-state index < -0.39 is 11.4 Å². The van der Waals surface area contributed by atoms with Gasteiger partial charge in [-0.2, -0.15) is 0 Å². The fourth-order valence-electron chi connectivity index (χ4n) is 4.42. The van der Waals surface area contributed by atoms with Crippen molar-refractivity contribution in [1.29, 1.82) is 0 Å². The van der Waals surface area contributed by atoms with Gasteiger partial charge in [0.15, 0.2) is 0 Å². The molecule has 0 heterocycles. The average Bonchev–Trinajstić information content (AvgIpc) is 2.92. The second-order valence-corrected chi connectivity index (χ2v) is 11.8. The maximum atomic E-state index is 11.4. The average molecular weight is 561 g/mol. The Balaban J connectivity index is 1.99. The van der Waals surface area contributed by atoms with E-state index in [1.54, 1.807) is 56.3 Å². The van der Waals surface area contributed by atoms with Crippen LogP contribution in [0.2, 0.25) is 0 Å². The second kappa shape index (κ2) is 13.0. The van der Waals surface area contributed by atoms with E-state index in [1.165, 1.54) is 24.3 Å². The van der Waals surface area contributed by atoms with Gasteiger partial charge in [0.05, 0.1) is 5.41 Å². The summed E-state index contributed by atoms with van der Waals surface area (Å²) in [6.07, 6.45) is 9.32. The Kier molecular flexibility index (Phi) is 9.89. The second-order valence-electron chi connectivity index (χ2n) is 11.8. The Morgan fingerprint density at radius 1 is 0.707 bits per heavy atom. The Hall–Kier alpha value is -4.23. The summed E-state index contributed by atoms with van der Waals surface area (Å²) in [4.78, 5) is 11.4.